The van der Waals surface area contributed by atoms with Crippen LogP contribution in [0.2, 0.25) is 4.34 Å². The van der Waals surface area contributed by atoms with Gasteiger partial charge in [-0.2, -0.15) is 0 Å². The summed E-state index contributed by atoms with van der Waals surface area (Å²) < 4.78 is 5.67. The van der Waals surface area contributed by atoms with E-state index in [2.05, 4.69) is 0 Å². The predicted octanol–water partition coefficient (Wildman–Crippen LogP) is 3.64. The van der Waals surface area contributed by atoms with Crippen molar-refractivity contribution in [1.29, 1.82) is 0 Å². The van der Waals surface area contributed by atoms with Crippen LogP contribution < -0.4 is 0 Å². The molecule has 19 heavy (non-hydrogen) atoms. The summed E-state index contributed by atoms with van der Waals surface area (Å²) in [5.41, 5.74) is 0.898. The molecule has 0 aliphatic carbocycles. The normalized spacial score (nSPS) is 23.0. The van der Waals surface area contributed by atoms with E-state index in [-0.39, 0.29) is 0 Å². The summed E-state index contributed by atoms with van der Waals surface area (Å²) >= 11 is 8.67. The first kappa shape index (κ1) is 12.9. The lowest BCUT2D eigenvalue weighted by atomic mass is 10.0. The van der Waals surface area contributed by atoms with Crippen molar-refractivity contribution in [2.45, 2.75) is 12.7 Å². The van der Waals surface area contributed by atoms with E-state index < -0.39 is 11.8 Å². The van der Waals surface area contributed by atoms with Crippen LogP contribution in [0.25, 0.3) is 11.1 Å². The highest BCUT2D eigenvalue weighted by Gasteiger charge is 2.44. The van der Waals surface area contributed by atoms with Crippen LogP contribution >= 0.6 is 34.3 Å². The molecular weight excluding hydrogens is 304 g/mol. The van der Waals surface area contributed by atoms with Crippen molar-refractivity contribution in [3.05, 3.63) is 43.7 Å². The van der Waals surface area contributed by atoms with Crippen LogP contribution in [-0.2, 0) is 9.53 Å². The molecule has 1 aliphatic rings. The zero-order valence-electron chi connectivity index (χ0n) is 9.84. The van der Waals surface area contributed by atoms with Gasteiger partial charge in [0.15, 0.2) is 0 Å². The maximum Gasteiger partial charge on any atom is 0.342 e. The highest BCUT2D eigenvalue weighted by Crippen LogP contribution is 2.45. The van der Waals surface area contributed by atoms with Gasteiger partial charge in [-0.1, -0.05) is 17.7 Å². The number of carbonyl (C=O) groups is 1. The van der Waals surface area contributed by atoms with E-state index in [4.69, 9.17) is 16.3 Å². The maximum absolute atomic E-state index is 12.0. The Labute approximate surface area is 122 Å². The standard InChI is InChI=1S/C13H9ClO3S2/c1-13(16)11(8-4-5-9(14)19-8)10(12(15)17-13)7-3-2-6-18-7/h2-6,16H,1H3. The molecule has 98 valence electrons. The summed E-state index contributed by atoms with van der Waals surface area (Å²) in [7, 11) is 0. The molecule has 3 nitrogen and oxygen atoms in total. The fourth-order valence-electron chi connectivity index (χ4n) is 2.06. The maximum atomic E-state index is 12.0. The third-order valence-corrected chi connectivity index (χ3v) is 4.93. The molecule has 1 atom stereocenters. The second-order valence-electron chi connectivity index (χ2n) is 4.20. The molecular formula is C13H9ClO3S2. The molecule has 0 bridgehead atoms. The minimum Gasteiger partial charge on any atom is -0.425 e. The van der Waals surface area contributed by atoms with Gasteiger partial charge in [0, 0.05) is 16.7 Å². The quantitative estimate of drug-likeness (QED) is 0.861. The molecule has 0 spiro atoms. The largest absolute Gasteiger partial charge is 0.425 e. The molecule has 0 amide bonds. The van der Waals surface area contributed by atoms with Gasteiger partial charge in [-0.3, -0.25) is 0 Å². The molecule has 3 rings (SSSR count). The number of esters is 1. The Morgan fingerprint density at radius 3 is 2.68 bits per heavy atom. The molecule has 0 saturated heterocycles. The zero-order chi connectivity index (χ0) is 13.6. The highest BCUT2D eigenvalue weighted by molar-refractivity contribution is 7.17. The minimum atomic E-state index is -1.62. The lowest BCUT2D eigenvalue weighted by molar-refractivity contribution is -0.169. The number of thiophene rings is 2. The number of halogens is 1. The molecule has 6 heteroatoms. The van der Waals surface area contributed by atoms with Crippen molar-refractivity contribution in [1.82, 2.24) is 0 Å². The Hall–Kier alpha value is -1.14. The Kier molecular flexibility index (Phi) is 3.02. The molecule has 1 N–H and O–H groups in total. The van der Waals surface area contributed by atoms with E-state index in [1.807, 2.05) is 17.5 Å². The van der Waals surface area contributed by atoms with Crippen molar-refractivity contribution in [3.8, 4) is 0 Å². The Morgan fingerprint density at radius 1 is 1.32 bits per heavy atom. The number of hydrogen-bond donors (Lipinski definition) is 1. The van der Waals surface area contributed by atoms with E-state index in [0.717, 1.165) is 9.75 Å². The van der Waals surface area contributed by atoms with E-state index >= 15 is 0 Å². The molecule has 2 aromatic rings. The highest BCUT2D eigenvalue weighted by atomic mass is 35.5. The van der Waals surface area contributed by atoms with Crippen molar-refractivity contribution < 1.29 is 14.6 Å². The molecule has 0 aromatic carbocycles. The van der Waals surface area contributed by atoms with Crippen molar-refractivity contribution in [3.63, 3.8) is 0 Å². The number of carbonyl (C=O) groups excluding carboxylic acids is 1. The van der Waals surface area contributed by atoms with Crippen LogP contribution in [0.1, 0.15) is 16.7 Å². The lowest BCUT2D eigenvalue weighted by Crippen LogP contribution is -2.25. The summed E-state index contributed by atoms with van der Waals surface area (Å²) in [5, 5.41) is 12.2. The molecule has 0 saturated carbocycles. The minimum absolute atomic E-state index is 0.415. The summed E-state index contributed by atoms with van der Waals surface area (Å²) in [4.78, 5) is 13.5. The van der Waals surface area contributed by atoms with E-state index in [0.29, 0.717) is 15.5 Å². The number of rotatable bonds is 2. The van der Waals surface area contributed by atoms with Crippen LogP contribution in [-0.4, -0.2) is 16.9 Å². The van der Waals surface area contributed by atoms with Gasteiger partial charge in [0.2, 0.25) is 5.79 Å². The molecule has 1 unspecified atom stereocenters. The monoisotopic (exact) mass is 312 g/mol. The third kappa shape index (κ3) is 2.12. The second-order valence-corrected chi connectivity index (χ2v) is 6.87. The van der Waals surface area contributed by atoms with Gasteiger partial charge >= 0.3 is 5.97 Å². The fourth-order valence-corrected chi connectivity index (χ4v) is 4.01. The van der Waals surface area contributed by atoms with Gasteiger partial charge in [-0.05, 0) is 23.6 Å². The first-order valence-electron chi connectivity index (χ1n) is 5.49. The summed E-state index contributed by atoms with van der Waals surface area (Å²) in [6, 6.07) is 7.20. The number of aliphatic hydroxyl groups is 1. The average molecular weight is 313 g/mol. The summed E-state index contributed by atoms with van der Waals surface area (Å²) in [6.07, 6.45) is 0. The van der Waals surface area contributed by atoms with Crippen LogP contribution in [0.15, 0.2) is 29.6 Å². The SMILES string of the molecule is CC1(O)OC(=O)C(c2cccs2)=C1c1ccc(Cl)s1. The van der Waals surface area contributed by atoms with Crippen LogP contribution in [0.4, 0.5) is 0 Å². The first-order valence-corrected chi connectivity index (χ1v) is 7.56. The third-order valence-electron chi connectivity index (χ3n) is 2.80. The van der Waals surface area contributed by atoms with Crippen molar-refractivity contribution in [2.24, 2.45) is 0 Å². The Morgan fingerprint density at radius 2 is 2.11 bits per heavy atom. The van der Waals surface area contributed by atoms with Crippen LogP contribution in [0, 0.1) is 0 Å². The number of hydrogen-bond acceptors (Lipinski definition) is 5. The number of cyclic esters (lactones) is 1. The van der Waals surface area contributed by atoms with Gasteiger partial charge in [-0.15, -0.1) is 22.7 Å². The van der Waals surface area contributed by atoms with Gasteiger partial charge in [0.1, 0.15) is 0 Å². The van der Waals surface area contributed by atoms with Crippen LogP contribution in [0.3, 0.4) is 0 Å². The van der Waals surface area contributed by atoms with Gasteiger partial charge < -0.3 is 9.84 Å². The molecule has 3 heterocycles. The molecule has 0 fully saturated rings. The van der Waals surface area contributed by atoms with E-state index in [1.54, 1.807) is 12.1 Å². The Bertz CT molecular complexity index is 668. The Balaban J connectivity index is 2.26. The summed E-state index contributed by atoms with van der Waals surface area (Å²) in [6.45, 7) is 1.47. The predicted molar refractivity (Wildman–Crippen MR) is 77.2 cm³/mol. The topological polar surface area (TPSA) is 46.5 Å². The smallest absolute Gasteiger partial charge is 0.342 e. The molecule has 2 aromatic heterocycles. The van der Waals surface area contributed by atoms with Gasteiger partial charge in [0.05, 0.1) is 15.5 Å². The van der Waals surface area contributed by atoms with Gasteiger partial charge in [-0.25, -0.2) is 4.79 Å². The lowest BCUT2D eigenvalue weighted by Gasteiger charge is -2.18. The van der Waals surface area contributed by atoms with Crippen LogP contribution in [0.5, 0.6) is 0 Å². The number of ether oxygens (including phenoxy) is 1. The average Bonchev–Trinajstić information content (AvgIpc) is 2.98. The van der Waals surface area contributed by atoms with E-state index in [1.165, 1.54) is 29.6 Å². The van der Waals surface area contributed by atoms with Gasteiger partial charge in [0.25, 0.3) is 0 Å². The first-order chi connectivity index (χ1) is 8.99. The van der Waals surface area contributed by atoms with Crippen molar-refractivity contribution in [2.75, 3.05) is 0 Å². The molecule has 1 aliphatic heterocycles. The second kappa shape index (κ2) is 4.45. The fraction of sp³-hybridized carbons (Fsp3) is 0.154. The molecule has 0 radical (unpaired) electrons. The summed E-state index contributed by atoms with van der Waals surface area (Å²) in [5.74, 6) is -2.13. The van der Waals surface area contributed by atoms with E-state index in [9.17, 15) is 9.90 Å². The van der Waals surface area contributed by atoms with Crippen molar-refractivity contribution >= 4 is 51.4 Å². The zero-order valence-corrected chi connectivity index (χ0v) is 12.2.